The fraction of sp³-hybridized carbons (Fsp3) is 0.933. The van der Waals surface area contributed by atoms with Crippen LogP contribution in [0.1, 0.15) is 46.5 Å². The number of carbonyl (C=O) groups is 1. The minimum Gasteiger partial charge on any atom is -0.459 e. The second-order valence-electron chi connectivity index (χ2n) is 6.81. The average Bonchev–Trinajstić information content (AvgIpc) is 2.82. The molecule has 0 bridgehead atoms. The lowest BCUT2D eigenvalue weighted by Crippen LogP contribution is -2.54. The predicted octanol–water partition coefficient (Wildman–Crippen LogP) is 1.79. The maximum absolute atomic E-state index is 12.6. The Kier molecular flexibility index (Phi) is 4.85. The van der Waals surface area contributed by atoms with Crippen LogP contribution >= 0.6 is 0 Å². The van der Waals surface area contributed by atoms with Crippen molar-refractivity contribution < 1.29 is 9.53 Å². The zero-order valence-corrected chi connectivity index (χ0v) is 12.6. The van der Waals surface area contributed by atoms with Crippen LogP contribution in [0.15, 0.2) is 0 Å². The smallest absolute Gasteiger partial charge is 0.324 e. The third kappa shape index (κ3) is 4.18. The van der Waals surface area contributed by atoms with Crippen molar-refractivity contribution in [3.8, 4) is 0 Å². The lowest BCUT2D eigenvalue weighted by Gasteiger charge is -2.37. The van der Waals surface area contributed by atoms with E-state index in [1.165, 1.54) is 25.7 Å². The number of hydrogen-bond acceptors (Lipinski definition) is 4. The van der Waals surface area contributed by atoms with Crippen molar-refractivity contribution in [1.29, 1.82) is 0 Å². The molecular weight excluding hydrogens is 240 g/mol. The molecule has 0 spiro atoms. The number of esters is 1. The van der Waals surface area contributed by atoms with Crippen LogP contribution in [0.3, 0.4) is 0 Å². The van der Waals surface area contributed by atoms with E-state index in [9.17, 15) is 4.79 Å². The normalized spacial score (nSPS) is 24.4. The molecule has 1 aliphatic heterocycles. The van der Waals surface area contributed by atoms with E-state index in [-0.39, 0.29) is 17.6 Å². The second kappa shape index (κ2) is 6.23. The molecule has 2 aliphatic rings. The number of hydrogen-bond donors (Lipinski definition) is 1. The molecule has 0 aromatic carbocycles. The first-order chi connectivity index (χ1) is 8.97. The average molecular weight is 268 g/mol. The molecule has 1 N–H and O–H groups in total. The van der Waals surface area contributed by atoms with Crippen molar-refractivity contribution in [2.75, 3.05) is 26.2 Å². The van der Waals surface area contributed by atoms with Crippen molar-refractivity contribution in [3.63, 3.8) is 0 Å². The van der Waals surface area contributed by atoms with Crippen LogP contribution in [0.2, 0.25) is 0 Å². The van der Waals surface area contributed by atoms with Gasteiger partial charge in [0.25, 0.3) is 0 Å². The fourth-order valence-electron chi connectivity index (χ4n) is 3.24. The molecule has 1 saturated carbocycles. The number of piperazine rings is 1. The standard InChI is InChI=1S/C15H28N2O2/c1-15(2,3)19-14(18)13(12-6-4-5-7-12)17-10-8-16-9-11-17/h12-13,16H,4-11H2,1-3H3. The lowest BCUT2D eigenvalue weighted by molar-refractivity contribution is -0.164. The van der Waals surface area contributed by atoms with Gasteiger partial charge in [-0.05, 0) is 39.5 Å². The highest BCUT2D eigenvalue weighted by molar-refractivity contribution is 5.76. The molecule has 0 amide bonds. The van der Waals surface area contributed by atoms with Crippen LogP contribution in [0.5, 0.6) is 0 Å². The maximum atomic E-state index is 12.6. The van der Waals surface area contributed by atoms with Crippen LogP contribution in [-0.2, 0) is 9.53 Å². The van der Waals surface area contributed by atoms with Gasteiger partial charge in [0, 0.05) is 26.2 Å². The molecule has 1 unspecified atom stereocenters. The van der Waals surface area contributed by atoms with Gasteiger partial charge in [0.1, 0.15) is 11.6 Å². The van der Waals surface area contributed by atoms with Gasteiger partial charge in [-0.25, -0.2) is 0 Å². The predicted molar refractivity (Wildman–Crippen MR) is 76.0 cm³/mol. The van der Waals surface area contributed by atoms with Gasteiger partial charge >= 0.3 is 5.97 Å². The number of carbonyl (C=O) groups excluding carboxylic acids is 1. The summed E-state index contributed by atoms with van der Waals surface area (Å²) in [4.78, 5) is 14.9. The summed E-state index contributed by atoms with van der Waals surface area (Å²) < 4.78 is 5.66. The van der Waals surface area contributed by atoms with E-state index in [4.69, 9.17) is 4.74 Å². The zero-order valence-electron chi connectivity index (χ0n) is 12.6. The van der Waals surface area contributed by atoms with Crippen LogP contribution in [0.25, 0.3) is 0 Å². The summed E-state index contributed by atoms with van der Waals surface area (Å²) in [6.45, 7) is 9.73. The molecule has 4 heteroatoms. The largest absolute Gasteiger partial charge is 0.459 e. The topological polar surface area (TPSA) is 41.6 Å². The van der Waals surface area contributed by atoms with Crippen LogP contribution < -0.4 is 5.32 Å². The molecule has 4 nitrogen and oxygen atoms in total. The van der Waals surface area contributed by atoms with E-state index >= 15 is 0 Å². The van der Waals surface area contributed by atoms with Gasteiger partial charge in [-0.15, -0.1) is 0 Å². The first kappa shape index (κ1) is 14.8. The molecule has 1 heterocycles. The van der Waals surface area contributed by atoms with Gasteiger partial charge in [-0.1, -0.05) is 12.8 Å². The minimum absolute atomic E-state index is 0.0127. The Bertz CT molecular complexity index is 300. The summed E-state index contributed by atoms with van der Waals surface area (Å²) in [6, 6.07) is -0.0242. The van der Waals surface area contributed by atoms with Gasteiger partial charge in [0.2, 0.25) is 0 Å². The first-order valence-electron chi connectivity index (χ1n) is 7.65. The number of rotatable bonds is 3. The summed E-state index contributed by atoms with van der Waals surface area (Å²) in [5.41, 5.74) is -0.387. The van der Waals surface area contributed by atoms with Crippen molar-refractivity contribution in [3.05, 3.63) is 0 Å². The molecule has 0 aromatic rings. The molecule has 1 aliphatic carbocycles. The van der Waals surface area contributed by atoms with E-state index < -0.39 is 0 Å². The van der Waals surface area contributed by atoms with Crippen molar-refractivity contribution in [2.24, 2.45) is 5.92 Å². The molecule has 1 saturated heterocycles. The van der Waals surface area contributed by atoms with Crippen LogP contribution in [0, 0.1) is 5.92 Å². The maximum Gasteiger partial charge on any atom is 0.324 e. The molecule has 2 fully saturated rings. The summed E-state index contributed by atoms with van der Waals surface area (Å²) in [5.74, 6) is 0.481. The quantitative estimate of drug-likeness (QED) is 0.792. The molecule has 110 valence electrons. The Balaban J connectivity index is 2.06. The monoisotopic (exact) mass is 268 g/mol. The van der Waals surface area contributed by atoms with Gasteiger partial charge in [-0.2, -0.15) is 0 Å². The van der Waals surface area contributed by atoms with Crippen LogP contribution in [0.4, 0.5) is 0 Å². The third-order valence-electron chi connectivity index (χ3n) is 4.04. The Hall–Kier alpha value is -0.610. The highest BCUT2D eigenvalue weighted by Gasteiger charge is 2.38. The number of ether oxygens (including phenoxy) is 1. The molecule has 19 heavy (non-hydrogen) atoms. The van der Waals surface area contributed by atoms with Crippen molar-refractivity contribution >= 4 is 5.97 Å². The molecule has 1 atom stereocenters. The zero-order chi connectivity index (χ0) is 13.9. The number of nitrogens with zero attached hydrogens (tertiary/aromatic N) is 1. The van der Waals surface area contributed by atoms with E-state index in [1.54, 1.807) is 0 Å². The highest BCUT2D eigenvalue weighted by atomic mass is 16.6. The Labute approximate surface area is 116 Å². The van der Waals surface area contributed by atoms with Crippen molar-refractivity contribution in [2.45, 2.75) is 58.1 Å². The SMILES string of the molecule is CC(C)(C)OC(=O)C(C1CCCC1)N1CCNCC1. The van der Waals surface area contributed by atoms with Gasteiger partial charge in [-0.3, -0.25) is 9.69 Å². The van der Waals surface area contributed by atoms with Gasteiger partial charge in [0.05, 0.1) is 0 Å². The fourth-order valence-corrected chi connectivity index (χ4v) is 3.24. The second-order valence-corrected chi connectivity index (χ2v) is 6.81. The molecule has 0 aromatic heterocycles. The number of nitrogens with one attached hydrogen (secondary N) is 1. The highest BCUT2D eigenvalue weighted by Crippen LogP contribution is 2.31. The summed E-state index contributed by atoms with van der Waals surface area (Å²) >= 11 is 0. The van der Waals surface area contributed by atoms with E-state index in [1.807, 2.05) is 20.8 Å². The van der Waals surface area contributed by atoms with E-state index in [0.717, 1.165) is 26.2 Å². The third-order valence-corrected chi connectivity index (χ3v) is 4.04. The lowest BCUT2D eigenvalue weighted by atomic mass is 9.95. The summed E-state index contributed by atoms with van der Waals surface area (Å²) in [6.07, 6.45) is 4.87. The Morgan fingerprint density at radius 1 is 1.21 bits per heavy atom. The summed E-state index contributed by atoms with van der Waals surface area (Å²) in [7, 11) is 0. The molecule has 0 radical (unpaired) electrons. The Morgan fingerprint density at radius 2 is 1.79 bits per heavy atom. The first-order valence-corrected chi connectivity index (χ1v) is 7.65. The molecular formula is C15H28N2O2. The van der Waals surface area contributed by atoms with Gasteiger partial charge in [0.15, 0.2) is 0 Å². The van der Waals surface area contributed by atoms with E-state index in [2.05, 4.69) is 10.2 Å². The molecule has 2 rings (SSSR count). The van der Waals surface area contributed by atoms with Crippen LogP contribution in [-0.4, -0.2) is 48.7 Å². The van der Waals surface area contributed by atoms with Crippen molar-refractivity contribution in [1.82, 2.24) is 10.2 Å². The van der Waals surface area contributed by atoms with Gasteiger partial charge < -0.3 is 10.1 Å². The minimum atomic E-state index is -0.387. The Morgan fingerprint density at radius 3 is 2.32 bits per heavy atom. The van der Waals surface area contributed by atoms with E-state index in [0.29, 0.717) is 5.92 Å². The summed E-state index contributed by atoms with van der Waals surface area (Å²) in [5, 5.41) is 3.35.